The summed E-state index contributed by atoms with van der Waals surface area (Å²) in [6.45, 7) is 15.0. The Balaban J connectivity index is 1.26. The zero-order valence-corrected chi connectivity index (χ0v) is 40.5. The van der Waals surface area contributed by atoms with Gasteiger partial charge in [-0.2, -0.15) is 5.26 Å². The molecule has 7 aromatic heterocycles. The minimum atomic E-state index is 0.462. The van der Waals surface area contributed by atoms with Crippen molar-refractivity contribution in [2.45, 2.75) is 55.4 Å². The Morgan fingerprint density at radius 3 is 0.917 bits per heavy atom. The van der Waals surface area contributed by atoms with E-state index in [9.17, 15) is 5.26 Å². The van der Waals surface area contributed by atoms with E-state index in [1.54, 1.807) is 12.4 Å². The first-order valence-corrected chi connectivity index (χ1v) is 23.3. The molecule has 16 heteroatoms. The normalized spacial score (nSPS) is 11.6. The van der Waals surface area contributed by atoms with Crippen molar-refractivity contribution < 1.29 is 0 Å². The van der Waals surface area contributed by atoms with Crippen LogP contribution >= 0.6 is 0 Å². The standard InChI is InChI=1S/C56H42N16/c1-28-59-29(2)64-53(63-28)37-9-13-42-43-14-10-38(54-65-30(3)60-31(4)66-54)22-48(43)71(47(42)21-37)51-25-41(27-57)46(36-17-19-58-20-18-36)26-52(51)72-49-23-39(55-67-32(5)61-33(6)68-55)11-15-44(49)45-16-12-40(24-50(45)72)56-69-34(7)62-35(8)70-56/h9-26H,1-8H3. The lowest BCUT2D eigenvalue weighted by Crippen LogP contribution is -2.06. The molecule has 0 saturated heterocycles. The predicted molar refractivity (Wildman–Crippen MR) is 276 cm³/mol. The largest absolute Gasteiger partial charge is 0.307 e. The van der Waals surface area contributed by atoms with Crippen LogP contribution < -0.4 is 0 Å². The van der Waals surface area contributed by atoms with Crippen molar-refractivity contribution in [3.63, 3.8) is 0 Å². The fraction of sp³-hybridized carbons (Fsp3) is 0.143. The van der Waals surface area contributed by atoms with Gasteiger partial charge in [-0.25, -0.2) is 59.8 Å². The van der Waals surface area contributed by atoms with Crippen LogP contribution in [0.15, 0.2) is 109 Å². The second kappa shape index (κ2) is 16.8. The first kappa shape index (κ1) is 43.6. The fourth-order valence-electron chi connectivity index (χ4n) is 9.89. The minimum Gasteiger partial charge on any atom is -0.307 e. The van der Waals surface area contributed by atoms with Crippen molar-refractivity contribution >= 4 is 43.6 Å². The Bertz CT molecular complexity index is 3980. The van der Waals surface area contributed by atoms with E-state index in [-0.39, 0.29) is 0 Å². The summed E-state index contributed by atoms with van der Waals surface area (Å²) in [5.41, 5.74) is 10.2. The van der Waals surface area contributed by atoms with Gasteiger partial charge in [-0.15, -0.1) is 0 Å². The van der Waals surface area contributed by atoms with Crippen LogP contribution in [0.25, 0.3) is 112 Å². The lowest BCUT2D eigenvalue weighted by atomic mass is 9.98. The molecule has 0 bridgehead atoms. The monoisotopic (exact) mass is 938 g/mol. The fourth-order valence-corrected chi connectivity index (χ4v) is 9.89. The van der Waals surface area contributed by atoms with Gasteiger partial charge < -0.3 is 9.13 Å². The van der Waals surface area contributed by atoms with Gasteiger partial charge in [0.1, 0.15) is 46.6 Å². The van der Waals surface area contributed by atoms with Crippen LogP contribution in [-0.2, 0) is 0 Å². The van der Waals surface area contributed by atoms with Crippen molar-refractivity contribution in [1.82, 2.24) is 73.9 Å². The van der Waals surface area contributed by atoms with Crippen LogP contribution in [0.5, 0.6) is 0 Å². The summed E-state index contributed by atoms with van der Waals surface area (Å²) in [5, 5.41) is 15.2. The molecule has 5 aromatic carbocycles. The molecule has 0 aliphatic rings. The number of nitrogens with zero attached hydrogens (tertiary/aromatic N) is 16. The summed E-state index contributed by atoms with van der Waals surface area (Å²) in [6, 6.07) is 35.7. The average molecular weight is 939 g/mol. The Morgan fingerprint density at radius 2 is 0.625 bits per heavy atom. The van der Waals surface area contributed by atoms with E-state index in [4.69, 9.17) is 39.9 Å². The highest BCUT2D eigenvalue weighted by Crippen LogP contribution is 2.43. The van der Waals surface area contributed by atoms with Gasteiger partial charge in [0.25, 0.3) is 0 Å². The number of hydrogen-bond acceptors (Lipinski definition) is 14. The number of aryl methyl sites for hydroxylation is 8. The van der Waals surface area contributed by atoms with E-state index < -0.39 is 0 Å². The summed E-state index contributed by atoms with van der Waals surface area (Å²) < 4.78 is 4.50. The predicted octanol–water partition coefficient (Wildman–Crippen LogP) is 10.7. The molecule has 7 heterocycles. The first-order chi connectivity index (χ1) is 34.8. The highest BCUT2D eigenvalue weighted by atomic mass is 15.1. The molecule has 0 amide bonds. The lowest BCUT2D eigenvalue weighted by molar-refractivity contribution is 0.928. The molecule has 346 valence electrons. The Morgan fingerprint density at radius 1 is 0.333 bits per heavy atom. The Labute approximate surface area is 412 Å². The van der Waals surface area contributed by atoms with E-state index in [1.165, 1.54) is 0 Å². The van der Waals surface area contributed by atoms with Crippen LogP contribution in [-0.4, -0.2) is 73.9 Å². The number of aromatic nitrogens is 15. The summed E-state index contributed by atoms with van der Waals surface area (Å²) in [5.74, 6) is 7.19. The van der Waals surface area contributed by atoms with Gasteiger partial charge in [-0.1, -0.05) is 48.5 Å². The van der Waals surface area contributed by atoms with Crippen LogP contribution in [0.4, 0.5) is 0 Å². The van der Waals surface area contributed by atoms with E-state index in [1.807, 2.05) is 85.7 Å². The van der Waals surface area contributed by atoms with E-state index >= 15 is 0 Å². The second-order valence-corrected chi connectivity index (χ2v) is 17.8. The molecule has 0 saturated carbocycles. The third-order valence-electron chi connectivity index (χ3n) is 12.7. The number of fused-ring (bicyclic) bond motifs is 6. The molecule has 72 heavy (non-hydrogen) atoms. The third kappa shape index (κ3) is 7.51. The molecule has 16 nitrogen and oxygen atoms in total. The highest BCUT2D eigenvalue weighted by molar-refractivity contribution is 6.13. The molecular formula is C56H42N16. The molecule has 0 unspecified atom stereocenters. The first-order valence-electron chi connectivity index (χ1n) is 23.3. The number of pyridine rings is 1. The van der Waals surface area contributed by atoms with Gasteiger partial charge in [-0.05, 0) is 109 Å². The highest BCUT2D eigenvalue weighted by Gasteiger charge is 2.25. The zero-order valence-electron chi connectivity index (χ0n) is 40.5. The maximum Gasteiger partial charge on any atom is 0.163 e. The van der Waals surface area contributed by atoms with Gasteiger partial charge in [0.05, 0.1) is 45.1 Å². The number of nitriles is 1. The topological polar surface area (TPSA) is 201 Å². The van der Waals surface area contributed by atoms with Gasteiger partial charge >= 0.3 is 0 Å². The molecule has 0 spiro atoms. The third-order valence-corrected chi connectivity index (χ3v) is 12.7. The van der Waals surface area contributed by atoms with Crippen LogP contribution in [0.1, 0.15) is 52.2 Å². The molecule has 12 rings (SSSR count). The molecule has 0 aliphatic heterocycles. The Kier molecular flexibility index (Phi) is 10.2. The van der Waals surface area contributed by atoms with E-state index in [0.29, 0.717) is 75.5 Å². The van der Waals surface area contributed by atoms with Gasteiger partial charge in [-0.3, -0.25) is 4.98 Å². The number of benzene rings is 5. The summed E-state index contributed by atoms with van der Waals surface area (Å²) in [7, 11) is 0. The minimum absolute atomic E-state index is 0.462. The van der Waals surface area contributed by atoms with Crippen LogP contribution in [0, 0.1) is 66.7 Å². The zero-order chi connectivity index (χ0) is 49.5. The van der Waals surface area contributed by atoms with Crippen molar-refractivity contribution in [3.05, 3.63) is 162 Å². The molecule has 0 radical (unpaired) electrons. The molecule has 0 atom stereocenters. The SMILES string of the molecule is Cc1nc(C)nc(-c2ccc3c4ccc(-c5nc(C)nc(C)n5)cc4n(-c4cc(C#N)c(-c5ccncc5)cc4-n4c5cc(-c6nc(C)nc(C)n6)ccc5c5ccc(-c6nc(C)nc(C)n6)cc54)c3c2)n1. The smallest absolute Gasteiger partial charge is 0.163 e. The number of hydrogen-bond donors (Lipinski definition) is 0. The quantitative estimate of drug-likeness (QED) is 0.146. The van der Waals surface area contributed by atoms with E-state index in [2.05, 4.69) is 107 Å². The van der Waals surface area contributed by atoms with Gasteiger partial charge in [0, 0.05) is 61.8 Å². The van der Waals surface area contributed by atoms with Crippen molar-refractivity contribution in [2.75, 3.05) is 0 Å². The van der Waals surface area contributed by atoms with Gasteiger partial charge in [0.15, 0.2) is 23.3 Å². The van der Waals surface area contributed by atoms with Crippen molar-refractivity contribution in [2.24, 2.45) is 0 Å². The van der Waals surface area contributed by atoms with E-state index in [0.717, 1.165) is 88.4 Å². The van der Waals surface area contributed by atoms with Crippen LogP contribution in [0.2, 0.25) is 0 Å². The molecule has 12 aromatic rings. The van der Waals surface area contributed by atoms with Crippen molar-refractivity contribution in [1.29, 1.82) is 5.26 Å². The van der Waals surface area contributed by atoms with Crippen LogP contribution in [0.3, 0.4) is 0 Å². The summed E-state index contributed by atoms with van der Waals surface area (Å²) in [4.78, 5) is 60.6. The second-order valence-electron chi connectivity index (χ2n) is 17.8. The van der Waals surface area contributed by atoms with Crippen molar-refractivity contribution in [3.8, 4) is 74.1 Å². The lowest BCUT2D eigenvalue weighted by Gasteiger charge is -2.20. The number of rotatable bonds is 7. The van der Waals surface area contributed by atoms with Gasteiger partial charge in [0.2, 0.25) is 0 Å². The molecule has 0 fully saturated rings. The maximum absolute atomic E-state index is 11.2. The average Bonchev–Trinajstić information content (AvgIpc) is 3.86. The summed E-state index contributed by atoms with van der Waals surface area (Å²) >= 11 is 0. The Hall–Kier alpha value is -9.62. The maximum atomic E-state index is 11.2. The molecular weight excluding hydrogens is 897 g/mol. The summed E-state index contributed by atoms with van der Waals surface area (Å²) in [6.07, 6.45) is 3.48. The molecule has 0 N–H and O–H groups in total. The molecule has 0 aliphatic carbocycles.